The highest BCUT2D eigenvalue weighted by molar-refractivity contribution is 9.10. The Hall–Kier alpha value is -2.47. The summed E-state index contributed by atoms with van der Waals surface area (Å²) in [7, 11) is -1.36. The Labute approximate surface area is 167 Å². The van der Waals surface area contributed by atoms with Crippen LogP contribution < -0.4 is 14.2 Å². The van der Waals surface area contributed by atoms with Gasteiger partial charge in [0.05, 0.1) is 24.2 Å². The second kappa shape index (κ2) is 7.87. The zero-order chi connectivity index (χ0) is 20.5. The van der Waals surface area contributed by atoms with E-state index in [1.54, 1.807) is 12.1 Å². The first-order valence-electron chi connectivity index (χ1n) is 7.81. The van der Waals surface area contributed by atoms with Crippen LogP contribution in [0.4, 0.5) is 14.7 Å². The molecule has 3 rings (SSSR count). The zero-order valence-electron chi connectivity index (χ0n) is 14.7. The van der Waals surface area contributed by atoms with Crippen LogP contribution in [-0.4, -0.2) is 44.0 Å². The highest BCUT2D eigenvalue weighted by Gasteiger charge is 2.23. The molecular weight excluding hydrogens is 462 g/mol. The van der Waals surface area contributed by atoms with Crippen LogP contribution in [-0.2, 0) is 16.4 Å². The van der Waals surface area contributed by atoms with E-state index in [0.29, 0.717) is 21.1 Å². The van der Waals surface area contributed by atoms with Gasteiger partial charge < -0.3 is 14.5 Å². The molecule has 8 nitrogen and oxygen atoms in total. The third-order valence-electron chi connectivity index (χ3n) is 3.83. The minimum absolute atomic E-state index is 0.0486. The molecule has 0 aliphatic heterocycles. The van der Waals surface area contributed by atoms with Crippen LogP contribution in [0.3, 0.4) is 0 Å². The van der Waals surface area contributed by atoms with E-state index in [-0.39, 0.29) is 22.3 Å². The second-order valence-electron chi connectivity index (χ2n) is 5.58. The van der Waals surface area contributed by atoms with Gasteiger partial charge in [-0.1, -0.05) is 6.07 Å². The molecule has 2 N–H and O–H groups in total. The third kappa shape index (κ3) is 3.87. The molecule has 28 heavy (non-hydrogen) atoms. The van der Waals surface area contributed by atoms with E-state index >= 15 is 0 Å². The minimum Gasteiger partial charge on any atom is -0.493 e. The molecule has 0 bridgehead atoms. The van der Waals surface area contributed by atoms with Gasteiger partial charge in [-0.2, -0.15) is 4.98 Å². The molecule has 2 heterocycles. The van der Waals surface area contributed by atoms with E-state index in [9.17, 15) is 17.2 Å². The fraction of sp³-hybridized carbons (Fsp3) is 0.250. The molecule has 0 amide bonds. The van der Waals surface area contributed by atoms with Crippen LogP contribution in [0.15, 0.2) is 33.9 Å². The first-order valence-corrected chi connectivity index (χ1v) is 10.1. The van der Waals surface area contributed by atoms with Gasteiger partial charge in [-0.25, -0.2) is 26.9 Å². The number of alkyl halides is 2. The number of aromatic amines is 1. The highest BCUT2D eigenvalue weighted by atomic mass is 79.9. The molecule has 0 saturated carbocycles. The van der Waals surface area contributed by atoms with Crippen molar-refractivity contribution in [3.63, 3.8) is 0 Å². The Kier molecular flexibility index (Phi) is 5.70. The Morgan fingerprint density at radius 3 is 2.68 bits per heavy atom. The van der Waals surface area contributed by atoms with Gasteiger partial charge in [0.1, 0.15) is 4.90 Å². The number of hydrogen-bond donors (Lipinski definition) is 2. The SMILES string of the molecule is COc1nc(NS(=O)(=O)c2c[nH]c3c(OC)c(Br)ccc23)ncc1CC(F)F. The molecule has 0 fully saturated rings. The van der Waals surface area contributed by atoms with Crippen LogP contribution in [0.1, 0.15) is 5.56 Å². The molecule has 3 aromatic rings. The van der Waals surface area contributed by atoms with Crippen LogP contribution in [0.2, 0.25) is 0 Å². The number of anilines is 1. The second-order valence-corrected chi connectivity index (χ2v) is 8.09. The summed E-state index contributed by atoms with van der Waals surface area (Å²) in [6.07, 6.45) is -0.802. The van der Waals surface area contributed by atoms with Crippen LogP contribution in [0.25, 0.3) is 10.9 Å². The smallest absolute Gasteiger partial charge is 0.266 e. The van der Waals surface area contributed by atoms with E-state index in [4.69, 9.17) is 9.47 Å². The van der Waals surface area contributed by atoms with Crippen molar-refractivity contribution in [2.45, 2.75) is 17.7 Å². The van der Waals surface area contributed by atoms with Gasteiger partial charge in [0.2, 0.25) is 18.3 Å². The molecular formula is C16H15BrF2N4O4S. The monoisotopic (exact) mass is 476 g/mol. The Balaban J connectivity index is 1.98. The number of aromatic nitrogens is 3. The van der Waals surface area contributed by atoms with Gasteiger partial charge >= 0.3 is 0 Å². The van der Waals surface area contributed by atoms with Crippen molar-refractivity contribution < 1.29 is 26.7 Å². The molecule has 0 aliphatic carbocycles. The van der Waals surface area contributed by atoms with E-state index in [1.807, 2.05) is 0 Å². The summed E-state index contributed by atoms with van der Waals surface area (Å²) in [6, 6.07) is 3.27. The molecule has 2 aromatic heterocycles. The number of rotatable bonds is 7. The summed E-state index contributed by atoms with van der Waals surface area (Å²) in [6.45, 7) is 0. The van der Waals surface area contributed by atoms with Gasteiger partial charge in [0.15, 0.2) is 5.75 Å². The maximum absolute atomic E-state index is 12.8. The average Bonchev–Trinajstić information content (AvgIpc) is 3.07. The molecule has 150 valence electrons. The van der Waals surface area contributed by atoms with Crippen LogP contribution >= 0.6 is 15.9 Å². The van der Waals surface area contributed by atoms with E-state index in [2.05, 4.69) is 35.6 Å². The van der Waals surface area contributed by atoms with Crippen molar-refractivity contribution in [1.82, 2.24) is 15.0 Å². The lowest BCUT2D eigenvalue weighted by atomic mass is 10.2. The van der Waals surface area contributed by atoms with Gasteiger partial charge in [-0.3, -0.25) is 0 Å². The molecule has 1 aromatic carbocycles. The number of ether oxygens (including phenoxy) is 2. The summed E-state index contributed by atoms with van der Waals surface area (Å²) < 4.78 is 63.9. The van der Waals surface area contributed by atoms with Gasteiger partial charge in [-0.15, -0.1) is 0 Å². The fourth-order valence-corrected chi connectivity index (χ4v) is 4.26. The number of nitrogens with one attached hydrogen (secondary N) is 2. The molecule has 0 atom stereocenters. The van der Waals surface area contributed by atoms with Crippen molar-refractivity contribution in [3.05, 3.63) is 34.6 Å². The first-order chi connectivity index (χ1) is 13.3. The number of nitrogens with zero attached hydrogens (tertiary/aromatic N) is 2. The lowest BCUT2D eigenvalue weighted by Gasteiger charge is -2.10. The maximum atomic E-state index is 12.8. The maximum Gasteiger partial charge on any atom is 0.266 e. The molecule has 0 aliphatic rings. The number of halogens is 3. The molecule has 0 spiro atoms. The number of methoxy groups -OCH3 is 2. The standard InChI is InChI=1S/C16H15BrF2N4O4S/c1-26-14-10(17)4-3-9-11(7-20-13(9)14)28(24,25)23-16-21-6-8(5-12(18)19)15(22-16)27-2/h3-4,6-7,12,20H,5H2,1-2H3,(H,21,22,23). The van der Waals surface area contributed by atoms with Gasteiger partial charge in [0.25, 0.3) is 10.0 Å². The lowest BCUT2D eigenvalue weighted by Crippen LogP contribution is -2.15. The summed E-state index contributed by atoms with van der Waals surface area (Å²) in [5.41, 5.74) is 0.560. The van der Waals surface area contributed by atoms with Gasteiger partial charge in [0, 0.05) is 29.8 Å². The quantitative estimate of drug-likeness (QED) is 0.541. The third-order valence-corrected chi connectivity index (χ3v) is 5.83. The first kappa shape index (κ1) is 20.3. The summed E-state index contributed by atoms with van der Waals surface area (Å²) >= 11 is 3.33. The number of sulfonamides is 1. The minimum atomic E-state index is -4.08. The Bertz CT molecular complexity index is 1120. The lowest BCUT2D eigenvalue weighted by molar-refractivity contribution is 0.147. The number of hydrogen-bond acceptors (Lipinski definition) is 6. The molecule has 0 saturated heterocycles. The zero-order valence-corrected chi connectivity index (χ0v) is 17.1. The van der Waals surface area contributed by atoms with Crippen molar-refractivity contribution in [1.29, 1.82) is 0 Å². The average molecular weight is 477 g/mol. The predicted octanol–water partition coefficient (Wildman–Crippen LogP) is 3.35. The summed E-state index contributed by atoms with van der Waals surface area (Å²) in [4.78, 5) is 10.5. The van der Waals surface area contributed by atoms with E-state index < -0.39 is 22.9 Å². The van der Waals surface area contributed by atoms with Crippen LogP contribution in [0.5, 0.6) is 11.6 Å². The van der Waals surface area contributed by atoms with Gasteiger partial charge in [-0.05, 0) is 22.0 Å². The van der Waals surface area contributed by atoms with Crippen LogP contribution in [0, 0.1) is 0 Å². The predicted molar refractivity (Wildman–Crippen MR) is 102 cm³/mol. The van der Waals surface area contributed by atoms with Crippen molar-refractivity contribution in [3.8, 4) is 11.6 Å². The number of H-pyrrole nitrogens is 1. The fourth-order valence-electron chi connectivity index (χ4n) is 2.64. The molecule has 0 radical (unpaired) electrons. The topological polar surface area (TPSA) is 106 Å². The number of benzene rings is 1. The van der Waals surface area contributed by atoms with E-state index in [1.165, 1.54) is 20.4 Å². The summed E-state index contributed by atoms with van der Waals surface area (Å²) in [5.74, 6) is 0.0269. The van der Waals surface area contributed by atoms with E-state index in [0.717, 1.165) is 6.20 Å². The normalized spacial score (nSPS) is 11.8. The molecule has 12 heteroatoms. The van der Waals surface area contributed by atoms with Crippen molar-refractivity contribution in [2.75, 3.05) is 18.9 Å². The number of fused-ring (bicyclic) bond motifs is 1. The Morgan fingerprint density at radius 1 is 1.29 bits per heavy atom. The molecule has 0 unspecified atom stereocenters. The van der Waals surface area contributed by atoms with Crippen molar-refractivity contribution >= 4 is 42.8 Å². The highest BCUT2D eigenvalue weighted by Crippen LogP contribution is 2.36. The Morgan fingerprint density at radius 2 is 2.04 bits per heavy atom. The largest absolute Gasteiger partial charge is 0.493 e. The van der Waals surface area contributed by atoms with Crippen molar-refractivity contribution in [2.24, 2.45) is 0 Å². The summed E-state index contributed by atoms with van der Waals surface area (Å²) in [5, 5.41) is 0.397.